The van der Waals surface area contributed by atoms with Crippen molar-refractivity contribution in [1.29, 1.82) is 0 Å². The molecule has 19 heavy (non-hydrogen) atoms. The van der Waals surface area contributed by atoms with E-state index in [1.54, 1.807) is 0 Å². The maximum Gasteiger partial charge on any atom is 0.0412 e. The van der Waals surface area contributed by atoms with E-state index in [0.717, 1.165) is 17.8 Å². The number of hydrogen-bond donors (Lipinski definition) is 1. The predicted octanol–water partition coefficient (Wildman–Crippen LogP) is 3.27. The summed E-state index contributed by atoms with van der Waals surface area (Å²) in [5.41, 5.74) is 2.92. The summed E-state index contributed by atoms with van der Waals surface area (Å²) in [5, 5.41) is 4.45. The van der Waals surface area contributed by atoms with Crippen molar-refractivity contribution >= 4 is 17.4 Å². The van der Waals surface area contributed by atoms with Gasteiger partial charge in [-0.25, -0.2) is 0 Å². The minimum Gasteiger partial charge on any atom is -0.369 e. The van der Waals surface area contributed by atoms with Gasteiger partial charge in [0.15, 0.2) is 0 Å². The van der Waals surface area contributed by atoms with Crippen LogP contribution in [0.15, 0.2) is 24.3 Å². The summed E-state index contributed by atoms with van der Waals surface area (Å²) in [6, 6.07) is 9.72. The molecule has 0 amide bonds. The van der Waals surface area contributed by atoms with Gasteiger partial charge in [0.1, 0.15) is 0 Å². The zero-order chi connectivity index (χ0) is 13.1. The fraction of sp³-hybridized carbons (Fsp3) is 0.625. The minimum atomic E-state index is 0.786. The molecule has 1 aliphatic heterocycles. The van der Waals surface area contributed by atoms with E-state index in [1.165, 1.54) is 49.4 Å². The summed E-state index contributed by atoms with van der Waals surface area (Å²) in [6.07, 6.45) is 4.00. The van der Waals surface area contributed by atoms with E-state index in [9.17, 15) is 0 Å². The topological polar surface area (TPSA) is 15.3 Å². The van der Waals surface area contributed by atoms with Crippen molar-refractivity contribution in [2.45, 2.75) is 44.0 Å². The van der Waals surface area contributed by atoms with Gasteiger partial charge >= 0.3 is 0 Å². The molecule has 3 rings (SSSR count). The molecule has 104 valence electrons. The molecule has 1 aromatic rings. The summed E-state index contributed by atoms with van der Waals surface area (Å²) in [6.45, 7) is 5.74. The number of rotatable bonds is 5. The molecule has 0 radical (unpaired) electrons. The first kappa shape index (κ1) is 13.3. The molecule has 0 aromatic heterocycles. The first-order valence-electron chi connectivity index (χ1n) is 7.54. The largest absolute Gasteiger partial charge is 0.369 e. The lowest BCUT2D eigenvalue weighted by Crippen LogP contribution is -2.38. The van der Waals surface area contributed by atoms with Crippen LogP contribution < -0.4 is 10.2 Å². The van der Waals surface area contributed by atoms with E-state index in [2.05, 4.69) is 53.2 Å². The maximum absolute atomic E-state index is 3.65. The fourth-order valence-electron chi connectivity index (χ4n) is 2.70. The van der Waals surface area contributed by atoms with Crippen LogP contribution in [0.1, 0.15) is 31.7 Å². The van der Waals surface area contributed by atoms with E-state index in [-0.39, 0.29) is 0 Å². The van der Waals surface area contributed by atoms with Gasteiger partial charge in [-0.05, 0) is 30.9 Å². The van der Waals surface area contributed by atoms with Gasteiger partial charge in [-0.1, -0.05) is 25.1 Å². The minimum absolute atomic E-state index is 0.786. The smallest absolute Gasteiger partial charge is 0.0412 e. The summed E-state index contributed by atoms with van der Waals surface area (Å²) >= 11 is 2.14. The molecule has 0 spiro atoms. The maximum atomic E-state index is 3.65. The highest BCUT2D eigenvalue weighted by atomic mass is 32.2. The third-order valence-electron chi connectivity index (χ3n) is 4.08. The molecule has 1 aliphatic carbocycles. The molecule has 0 bridgehead atoms. The quantitative estimate of drug-likeness (QED) is 0.888. The molecule has 1 saturated heterocycles. The number of hydrogen-bond acceptors (Lipinski definition) is 3. The normalized spacial score (nSPS) is 23.6. The molecule has 1 atom stereocenters. The standard InChI is InChI=1S/C16H24N2S/c1-2-15-12-18(9-10-19-15)16-6-4-3-5-13(16)11-17-14-7-8-14/h3-6,14-15,17H,2,7-12H2,1H3. The molecule has 2 nitrogen and oxygen atoms in total. The third-order valence-corrected chi connectivity index (χ3v) is 5.46. The van der Waals surface area contributed by atoms with Crippen LogP contribution in [0.5, 0.6) is 0 Å². The summed E-state index contributed by atoms with van der Waals surface area (Å²) in [7, 11) is 0. The SMILES string of the molecule is CCC1CN(c2ccccc2CNC2CC2)CCS1. The Balaban J connectivity index is 1.70. The van der Waals surface area contributed by atoms with Crippen molar-refractivity contribution in [1.82, 2.24) is 5.32 Å². The van der Waals surface area contributed by atoms with Crippen molar-refractivity contribution in [2.24, 2.45) is 0 Å². The lowest BCUT2D eigenvalue weighted by atomic mass is 10.1. The Bertz CT molecular complexity index is 417. The second kappa shape index (κ2) is 6.19. The Morgan fingerprint density at radius 1 is 1.32 bits per heavy atom. The third kappa shape index (κ3) is 3.46. The van der Waals surface area contributed by atoms with E-state index < -0.39 is 0 Å². The van der Waals surface area contributed by atoms with Gasteiger partial charge < -0.3 is 10.2 Å². The lowest BCUT2D eigenvalue weighted by molar-refractivity contribution is 0.677. The average Bonchev–Trinajstić information content (AvgIpc) is 3.30. The molecular formula is C16H24N2S. The van der Waals surface area contributed by atoms with Gasteiger partial charge in [-0.2, -0.15) is 11.8 Å². The summed E-state index contributed by atoms with van der Waals surface area (Å²) in [4.78, 5) is 2.59. The number of nitrogens with one attached hydrogen (secondary N) is 1. The Hall–Kier alpha value is -0.670. The monoisotopic (exact) mass is 276 g/mol. The Kier molecular flexibility index (Phi) is 4.34. The highest BCUT2D eigenvalue weighted by Crippen LogP contribution is 2.29. The number of nitrogens with zero attached hydrogens (tertiary/aromatic N) is 1. The van der Waals surface area contributed by atoms with E-state index >= 15 is 0 Å². The Labute approximate surface area is 121 Å². The van der Waals surface area contributed by atoms with Crippen LogP contribution in [0.25, 0.3) is 0 Å². The van der Waals surface area contributed by atoms with Crippen molar-refractivity contribution < 1.29 is 0 Å². The van der Waals surface area contributed by atoms with E-state index in [0.29, 0.717) is 0 Å². The summed E-state index contributed by atoms with van der Waals surface area (Å²) in [5.74, 6) is 1.27. The molecule has 2 fully saturated rings. The van der Waals surface area contributed by atoms with E-state index in [1.807, 2.05) is 0 Å². The highest BCUT2D eigenvalue weighted by Gasteiger charge is 2.23. The van der Waals surface area contributed by atoms with Gasteiger partial charge in [0.05, 0.1) is 0 Å². The van der Waals surface area contributed by atoms with Crippen LogP contribution in [0, 0.1) is 0 Å². The zero-order valence-electron chi connectivity index (χ0n) is 11.8. The van der Waals surface area contributed by atoms with Crippen molar-refractivity contribution in [3.63, 3.8) is 0 Å². The molecule has 1 aromatic carbocycles. The predicted molar refractivity (Wildman–Crippen MR) is 85.1 cm³/mol. The number of para-hydroxylation sites is 1. The first-order chi connectivity index (χ1) is 9.36. The van der Waals surface area contributed by atoms with Crippen LogP contribution in [0.2, 0.25) is 0 Å². The van der Waals surface area contributed by atoms with Crippen LogP contribution in [-0.4, -0.2) is 30.1 Å². The highest BCUT2D eigenvalue weighted by molar-refractivity contribution is 8.00. The fourth-order valence-corrected chi connectivity index (χ4v) is 3.88. The molecule has 1 unspecified atom stereocenters. The van der Waals surface area contributed by atoms with Crippen molar-refractivity contribution in [3.05, 3.63) is 29.8 Å². The molecule has 2 aliphatic rings. The number of thioether (sulfide) groups is 1. The van der Waals surface area contributed by atoms with Gasteiger partial charge in [-0.3, -0.25) is 0 Å². The molecule has 1 N–H and O–H groups in total. The van der Waals surface area contributed by atoms with Crippen LogP contribution in [0.3, 0.4) is 0 Å². The number of anilines is 1. The van der Waals surface area contributed by atoms with Crippen molar-refractivity contribution in [2.75, 3.05) is 23.7 Å². The number of benzene rings is 1. The van der Waals surface area contributed by atoms with E-state index in [4.69, 9.17) is 0 Å². The molecule has 1 heterocycles. The zero-order valence-corrected chi connectivity index (χ0v) is 12.6. The van der Waals surface area contributed by atoms with Gasteiger partial charge in [-0.15, -0.1) is 0 Å². The van der Waals surface area contributed by atoms with Crippen LogP contribution in [-0.2, 0) is 6.54 Å². The first-order valence-corrected chi connectivity index (χ1v) is 8.59. The molecular weight excluding hydrogens is 252 g/mol. The summed E-state index contributed by atoms with van der Waals surface area (Å²) < 4.78 is 0. The average molecular weight is 276 g/mol. The molecule has 1 saturated carbocycles. The second-order valence-electron chi connectivity index (χ2n) is 5.63. The van der Waals surface area contributed by atoms with Crippen molar-refractivity contribution in [3.8, 4) is 0 Å². The molecule has 3 heteroatoms. The van der Waals surface area contributed by atoms with Gasteiger partial charge in [0, 0.05) is 42.4 Å². The lowest BCUT2D eigenvalue weighted by Gasteiger charge is -2.35. The Morgan fingerprint density at radius 3 is 2.95 bits per heavy atom. The second-order valence-corrected chi connectivity index (χ2v) is 7.04. The van der Waals surface area contributed by atoms with Crippen LogP contribution in [0.4, 0.5) is 5.69 Å². The van der Waals surface area contributed by atoms with Gasteiger partial charge in [0.25, 0.3) is 0 Å². The van der Waals surface area contributed by atoms with Gasteiger partial charge in [0.2, 0.25) is 0 Å². The van der Waals surface area contributed by atoms with Crippen LogP contribution >= 0.6 is 11.8 Å². The Morgan fingerprint density at radius 2 is 2.16 bits per heavy atom.